The molecule has 0 fully saturated rings. The molecule has 29 heavy (non-hydrogen) atoms. The van der Waals surface area contributed by atoms with E-state index in [9.17, 15) is 9.59 Å². The fourth-order valence-electron chi connectivity index (χ4n) is 3.71. The van der Waals surface area contributed by atoms with E-state index in [4.69, 9.17) is 11.6 Å². The maximum atomic E-state index is 12.8. The van der Waals surface area contributed by atoms with Gasteiger partial charge in [-0.25, -0.2) is 0 Å². The lowest BCUT2D eigenvalue weighted by molar-refractivity contribution is -0.132. The van der Waals surface area contributed by atoms with Crippen LogP contribution in [0, 0.1) is 0 Å². The first kappa shape index (κ1) is 19.3. The summed E-state index contributed by atoms with van der Waals surface area (Å²) >= 11 is 6.07. The Morgan fingerprint density at radius 3 is 2.66 bits per heavy atom. The summed E-state index contributed by atoms with van der Waals surface area (Å²) in [5, 5.41) is 4.32. The van der Waals surface area contributed by atoms with E-state index in [1.165, 1.54) is 16.5 Å². The second-order valence-corrected chi connectivity index (χ2v) is 7.59. The average Bonchev–Trinajstić information content (AvgIpc) is 3.17. The molecule has 2 N–H and O–H groups in total. The molecule has 2 heterocycles. The van der Waals surface area contributed by atoms with E-state index in [0.717, 1.165) is 11.9 Å². The summed E-state index contributed by atoms with van der Waals surface area (Å²) in [4.78, 5) is 30.3. The number of H-pyrrole nitrogens is 1. The van der Waals surface area contributed by atoms with E-state index in [-0.39, 0.29) is 11.8 Å². The third-order valence-corrected chi connectivity index (χ3v) is 5.62. The Bertz CT molecular complexity index is 1100. The van der Waals surface area contributed by atoms with Crippen LogP contribution in [0.15, 0.2) is 60.8 Å². The number of halogens is 1. The zero-order valence-electron chi connectivity index (χ0n) is 16.1. The summed E-state index contributed by atoms with van der Waals surface area (Å²) in [6, 6.07) is 14.4. The Kier molecular flexibility index (Phi) is 5.41. The first-order chi connectivity index (χ1) is 14.0. The third kappa shape index (κ3) is 3.91. The molecular weight excluding hydrogens is 386 g/mol. The summed E-state index contributed by atoms with van der Waals surface area (Å²) in [6.45, 7) is 2.85. The van der Waals surface area contributed by atoms with Crippen molar-refractivity contribution >= 4 is 39.9 Å². The maximum Gasteiger partial charge on any atom is 0.253 e. The van der Waals surface area contributed by atoms with Gasteiger partial charge in [0.1, 0.15) is 6.04 Å². The molecule has 148 valence electrons. The molecule has 0 aliphatic carbocycles. The Balaban J connectivity index is 1.42. The number of benzene rings is 2. The summed E-state index contributed by atoms with van der Waals surface area (Å²) in [7, 11) is 0. The summed E-state index contributed by atoms with van der Waals surface area (Å²) in [6.07, 6.45) is 4.90. The average molecular weight is 408 g/mol. The van der Waals surface area contributed by atoms with Crippen LogP contribution >= 0.6 is 11.6 Å². The molecule has 0 radical (unpaired) electrons. The lowest BCUT2D eigenvalue weighted by Gasteiger charge is -2.29. The van der Waals surface area contributed by atoms with Crippen LogP contribution in [0.2, 0.25) is 5.02 Å². The van der Waals surface area contributed by atoms with Crippen LogP contribution in [-0.4, -0.2) is 40.8 Å². The van der Waals surface area contributed by atoms with Crippen LogP contribution < -0.4 is 5.32 Å². The van der Waals surface area contributed by atoms with Gasteiger partial charge >= 0.3 is 0 Å². The molecule has 2 amide bonds. The highest BCUT2D eigenvalue weighted by atomic mass is 35.5. The van der Waals surface area contributed by atoms with Gasteiger partial charge in [-0.1, -0.05) is 48.0 Å². The number of hydrogen-bond acceptors (Lipinski definition) is 2. The molecule has 1 aromatic heterocycles. The van der Waals surface area contributed by atoms with Crippen LogP contribution in [0.25, 0.3) is 16.5 Å². The molecule has 0 bridgehead atoms. The fourth-order valence-corrected chi connectivity index (χ4v) is 3.93. The van der Waals surface area contributed by atoms with Crippen LogP contribution in [0.4, 0.5) is 0 Å². The van der Waals surface area contributed by atoms with Crippen molar-refractivity contribution in [2.75, 3.05) is 13.1 Å². The third-order valence-electron chi connectivity index (χ3n) is 5.29. The summed E-state index contributed by atoms with van der Waals surface area (Å²) < 4.78 is 0. The zero-order chi connectivity index (χ0) is 20.4. The van der Waals surface area contributed by atoms with E-state index in [1.807, 2.05) is 18.3 Å². The second kappa shape index (κ2) is 8.13. The number of carbonyl (C=O) groups is 2. The fraction of sp³-hybridized carbons (Fsp3) is 0.217. The molecule has 0 saturated carbocycles. The van der Waals surface area contributed by atoms with Crippen LogP contribution in [0.5, 0.6) is 0 Å². The minimum absolute atomic E-state index is 0.0976. The molecule has 0 saturated heterocycles. The first-order valence-corrected chi connectivity index (χ1v) is 10.0. The van der Waals surface area contributed by atoms with Gasteiger partial charge in [-0.2, -0.15) is 0 Å². The number of nitrogens with one attached hydrogen (secondary N) is 2. The number of para-hydroxylation sites is 1. The minimum Gasteiger partial charge on any atom is -0.361 e. The van der Waals surface area contributed by atoms with Gasteiger partial charge in [-0.05, 0) is 37.1 Å². The molecule has 1 unspecified atom stereocenters. The molecule has 1 aliphatic rings. The Labute approximate surface area is 174 Å². The van der Waals surface area contributed by atoms with Crippen LogP contribution in [-0.2, 0) is 4.79 Å². The standard InChI is InChI=1S/C23H22ClN3O2/c1-15(26-22(28)18-7-2-4-8-20(18)24)23(29)27-12-10-16(11-13-27)19-14-25-21-9-5-3-6-17(19)21/h2-10,14-15,25H,11-13H2,1H3,(H,26,28). The van der Waals surface area contributed by atoms with Crippen molar-refractivity contribution in [2.24, 2.45) is 0 Å². The van der Waals surface area contributed by atoms with Gasteiger partial charge in [0.2, 0.25) is 5.91 Å². The molecule has 3 aromatic rings. The zero-order valence-corrected chi connectivity index (χ0v) is 16.9. The van der Waals surface area contributed by atoms with Gasteiger partial charge in [0, 0.05) is 35.8 Å². The Morgan fingerprint density at radius 2 is 1.90 bits per heavy atom. The van der Waals surface area contributed by atoms with E-state index < -0.39 is 6.04 Å². The summed E-state index contributed by atoms with van der Waals surface area (Å²) in [5.74, 6) is -0.442. The molecule has 6 heteroatoms. The lowest BCUT2D eigenvalue weighted by atomic mass is 9.98. The largest absolute Gasteiger partial charge is 0.361 e. The van der Waals surface area contributed by atoms with Crippen molar-refractivity contribution in [3.8, 4) is 0 Å². The Hall–Kier alpha value is -3.05. The highest BCUT2D eigenvalue weighted by Gasteiger charge is 2.25. The normalized spacial score (nSPS) is 15.1. The van der Waals surface area contributed by atoms with Gasteiger partial charge < -0.3 is 15.2 Å². The quantitative estimate of drug-likeness (QED) is 0.678. The minimum atomic E-state index is -0.623. The molecule has 5 nitrogen and oxygen atoms in total. The van der Waals surface area contributed by atoms with E-state index in [0.29, 0.717) is 23.7 Å². The van der Waals surface area contributed by atoms with Crippen molar-refractivity contribution in [1.82, 2.24) is 15.2 Å². The second-order valence-electron chi connectivity index (χ2n) is 7.19. The Morgan fingerprint density at radius 1 is 1.14 bits per heavy atom. The molecule has 1 atom stereocenters. The van der Waals surface area contributed by atoms with Gasteiger partial charge in [0.05, 0.1) is 10.6 Å². The molecule has 0 spiro atoms. The number of fused-ring (bicyclic) bond motifs is 1. The number of aromatic amines is 1. The molecule has 2 aromatic carbocycles. The van der Waals surface area contributed by atoms with Gasteiger partial charge in [0.25, 0.3) is 5.91 Å². The highest BCUT2D eigenvalue weighted by molar-refractivity contribution is 6.33. The first-order valence-electron chi connectivity index (χ1n) is 9.64. The number of carbonyl (C=O) groups excluding carboxylic acids is 2. The lowest BCUT2D eigenvalue weighted by Crippen LogP contribution is -2.48. The SMILES string of the molecule is CC(NC(=O)c1ccccc1Cl)C(=O)N1CC=C(c2c[nH]c3ccccc23)CC1. The number of hydrogen-bond donors (Lipinski definition) is 2. The van der Waals surface area contributed by atoms with Crippen molar-refractivity contribution in [3.05, 3.63) is 77.0 Å². The number of aromatic nitrogens is 1. The van der Waals surface area contributed by atoms with Crippen molar-refractivity contribution in [1.29, 1.82) is 0 Å². The number of nitrogens with zero attached hydrogens (tertiary/aromatic N) is 1. The van der Waals surface area contributed by atoms with E-state index >= 15 is 0 Å². The van der Waals surface area contributed by atoms with Crippen molar-refractivity contribution in [2.45, 2.75) is 19.4 Å². The predicted octanol–water partition coefficient (Wildman–Crippen LogP) is 4.26. The van der Waals surface area contributed by atoms with Crippen LogP contribution in [0.1, 0.15) is 29.3 Å². The summed E-state index contributed by atoms with van der Waals surface area (Å²) in [5.41, 5.74) is 3.90. The van der Waals surface area contributed by atoms with Gasteiger partial charge in [-0.15, -0.1) is 0 Å². The predicted molar refractivity (Wildman–Crippen MR) is 116 cm³/mol. The van der Waals surface area contributed by atoms with E-state index in [2.05, 4.69) is 28.5 Å². The van der Waals surface area contributed by atoms with Gasteiger partial charge in [0.15, 0.2) is 0 Å². The van der Waals surface area contributed by atoms with Crippen LogP contribution in [0.3, 0.4) is 0 Å². The van der Waals surface area contributed by atoms with Crippen molar-refractivity contribution in [3.63, 3.8) is 0 Å². The smallest absolute Gasteiger partial charge is 0.253 e. The molecule has 4 rings (SSSR count). The topological polar surface area (TPSA) is 65.2 Å². The number of rotatable bonds is 4. The highest BCUT2D eigenvalue weighted by Crippen LogP contribution is 2.29. The molecular formula is C23H22ClN3O2. The van der Waals surface area contributed by atoms with E-state index in [1.54, 1.807) is 36.1 Å². The van der Waals surface area contributed by atoms with Gasteiger partial charge in [-0.3, -0.25) is 9.59 Å². The monoisotopic (exact) mass is 407 g/mol. The molecule has 1 aliphatic heterocycles. The van der Waals surface area contributed by atoms with Crippen molar-refractivity contribution < 1.29 is 9.59 Å². The number of amides is 2. The maximum absolute atomic E-state index is 12.8.